The summed E-state index contributed by atoms with van der Waals surface area (Å²) in [7, 11) is 0. The Balaban J connectivity index is 1.67. The third-order valence-corrected chi connectivity index (χ3v) is 5.72. The molecule has 1 fully saturated rings. The molecule has 0 aromatic carbocycles. The molecule has 1 aromatic rings. The van der Waals surface area contributed by atoms with Crippen LogP contribution in [0.15, 0.2) is 16.7 Å². The molecule has 1 saturated heterocycles. The molecule has 1 aromatic heterocycles. The van der Waals surface area contributed by atoms with Crippen molar-refractivity contribution in [1.82, 2.24) is 5.32 Å². The first kappa shape index (κ1) is 12.6. The summed E-state index contributed by atoms with van der Waals surface area (Å²) < 4.78 is 5.57. The normalized spacial score (nSPS) is 31.0. The first-order valence-corrected chi connectivity index (χ1v) is 8.20. The van der Waals surface area contributed by atoms with Gasteiger partial charge in [0.15, 0.2) is 0 Å². The van der Waals surface area contributed by atoms with E-state index < -0.39 is 0 Å². The molecule has 100 valence electrons. The molecule has 2 unspecified atom stereocenters. The number of aryl methyl sites for hydroxylation is 1. The van der Waals surface area contributed by atoms with Gasteiger partial charge in [-0.2, -0.15) is 11.8 Å². The minimum atomic E-state index is 0.481. The number of thioether (sulfide) groups is 1. The Hall–Kier alpha value is -0.410. The van der Waals surface area contributed by atoms with E-state index in [1.165, 1.54) is 42.1 Å². The number of hydrogen-bond donors (Lipinski definition) is 1. The number of rotatable bonds is 2. The summed E-state index contributed by atoms with van der Waals surface area (Å²) in [5.74, 6) is 3.77. The van der Waals surface area contributed by atoms with E-state index in [1.54, 1.807) is 0 Å². The van der Waals surface area contributed by atoms with Gasteiger partial charge in [-0.1, -0.05) is 13.8 Å². The highest BCUT2D eigenvalue weighted by molar-refractivity contribution is 7.99. The van der Waals surface area contributed by atoms with Crippen LogP contribution < -0.4 is 5.32 Å². The van der Waals surface area contributed by atoms with Crippen molar-refractivity contribution >= 4 is 11.8 Å². The molecule has 0 spiro atoms. The van der Waals surface area contributed by atoms with E-state index in [1.807, 2.05) is 6.26 Å². The van der Waals surface area contributed by atoms with Crippen LogP contribution in [0.4, 0.5) is 0 Å². The van der Waals surface area contributed by atoms with Crippen LogP contribution in [0.5, 0.6) is 0 Å². The molecule has 0 bridgehead atoms. The van der Waals surface area contributed by atoms with Crippen molar-refractivity contribution in [3.8, 4) is 0 Å². The molecule has 2 heterocycles. The smallest absolute Gasteiger partial charge is 0.108 e. The van der Waals surface area contributed by atoms with Crippen molar-refractivity contribution in [2.45, 2.75) is 51.6 Å². The van der Waals surface area contributed by atoms with Gasteiger partial charge in [0.1, 0.15) is 5.76 Å². The summed E-state index contributed by atoms with van der Waals surface area (Å²) in [6.45, 7) is 4.77. The molecule has 2 atom stereocenters. The summed E-state index contributed by atoms with van der Waals surface area (Å²) in [5.41, 5.74) is 1.89. The molecule has 1 N–H and O–H groups in total. The predicted molar refractivity (Wildman–Crippen MR) is 77.0 cm³/mol. The highest BCUT2D eigenvalue weighted by atomic mass is 32.2. The van der Waals surface area contributed by atoms with Crippen LogP contribution in [0.3, 0.4) is 0 Å². The largest absolute Gasteiger partial charge is 0.469 e. The molecule has 3 heteroatoms. The van der Waals surface area contributed by atoms with E-state index in [0.29, 0.717) is 17.5 Å². The first-order valence-electron chi connectivity index (χ1n) is 7.04. The van der Waals surface area contributed by atoms with Crippen LogP contribution in [0.2, 0.25) is 0 Å². The predicted octanol–water partition coefficient (Wildman–Crippen LogP) is 3.78. The molecular formula is C15H23NOS. The van der Waals surface area contributed by atoms with Crippen molar-refractivity contribution in [2.24, 2.45) is 5.41 Å². The molecular weight excluding hydrogens is 242 g/mol. The average molecular weight is 265 g/mol. The van der Waals surface area contributed by atoms with E-state index >= 15 is 0 Å². The fourth-order valence-corrected chi connectivity index (χ4v) is 4.60. The highest BCUT2D eigenvalue weighted by Crippen LogP contribution is 2.36. The Labute approximate surface area is 114 Å². The molecule has 2 nitrogen and oxygen atoms in total. The maximum atomic E-state index is 5.57. The second-order valence-electron chi connectivity index (χ2n) is 6.49. The molecule has 1 aliphatic carbocycles. The van der Waals surface area contributed by atoms with Gasteiger partial charge in [0.2, 0.25) is 0 Å². The maximum Gasteiger partial charge on any atom is 0.108 e. The average Bonchev–Trinajstić information content (AvgIpc) is 2.77. The summed E-state index contributed by atoms with van der Waals surface area (Å²) >= 11 is 2.10. The van der Waals surface area contributed by atoms with Gasteiger partial charge >= 0.3 is 0 Å². The number of fused-ring (bicyclic) bond motifs is 1. The Morgan fingerprint density at radius 3 is 3.17 bits per heavy atom. The van der Waals surface area contributed by atoms with Crippen LogP contribution in [-0.4, -0.2) is 17.5 Å². The zero-order valence-electron chi connectivity index (χ0n) is 11.4. The van der Waals surface area contributed by atoms with Crippen molar-refractivity contribution in [3.05, 3.63) is 23.7 Å². The lowest BCUT2D eigenvalue weighted by Gasteiger charge is -2.37. The summed E-state index contributed by atoms with van der Waals surface area (Å²) in [5, 5.41) is 3.87. The van der Waals surface area contributed by atoms with Crippen LogP contribution in [0, 0.1) is 5.41 Å². The van der Waals surface area contributed by atoms with Gasteiger partial charge in [-0.25, -0.2) is 0 Å². The maximum absolute atomic E-state index is 5.57. The zero-order valence-corrected chi connectivity index (χ0v) is 12.2. The van der Waals surface area contributed by atoms with Crippen LogP contribution in [0.1, 0.15) is 50.5 Å². The van der Waals surface area contributed by atoms with Crippen molar-refractivity contribution < 1.29 is 4.42 Å². The molecule has 0 radical (unpaired) electrons. The lowest BCUT2D eigenvalue weighted by atomic mass is 9.86. The van der Waals surface area contributed by atoms with E-state index in [9.17, 15) is 0 Å². The molecule has 0 saturated carbocycles. The van der Waals surface area contributed by atoms with Gasteiger partial charge in [-0.3, -0.25) is 0 Å². The van der Waals surface area contributed by atoms with Crippen molar-refractivity contribution in [2.75, 3.05) is 11.5 Å². The van der Waals surface area contributed by atoms with Crippen molar-refractivity contribution in [3.63, 3.8) is 0 Å². The van der Waals surface area contributed by atoms with E-state index in [4.69, 9.17) is 4.42 Å². The number of hydrogen-bond acceptors (Lipinski definition) is 3. The second-order valence-corrected chi connectivity index (χ2v) is 7.52. The lowest BCUT2D eigenvalue weighted by molar-refractivity contribution is 0.288. The van der Waals surface area contributed by atoms with Gasteiger partial charge in [0.05, 0.1) is 6.26 Å². The standard InChI is InChI=1S/C15H23NOS/c1-15(2)8-11(9-18-10-15)16-13-4-3-5-14-12(13)6-7-17-14/h6-7,11,13,16H,3-5,8-10H2,1-2H3. The van der Waals surface area contributed by atoms with E-state index in [2.05, 4.69) is 37.0 Å². The number of nitrogens with one attached hydrogen (secondary N) is 1. The quantitative estimate of drug-likeness (QED) is 0.881. The lowest BCUT2D eigenvalue weighted by Crippen LogP contribution is -2.42. The van der Waals surface area contributed by atoms with Crippen LogP contribution >= 0.6 is 11.8 Å². The van der Waals surface area contributed by atoms with Crippen LogP contribution in [-0.2, 0) is 6.42 Å². The minimum absolute atomic E-state index is 0.481. The fraction of sp³-hybridized carbons (Fsp3) is 0.733. The zero-order chi connectivity index (χ0) is 12.6. The Morgan fingerprint density at radius 1 is 1.44 bits per heavy atom. The van der Waals surface area contributed by atoms with Gasteiger partial charge in [-0.15, -0.1) is 0 Å². The second kappa shape index (κ2) is 4.93. The monoisotopic (exact) mass is 265 g/mol. The Bertz CT molecular complexity index is 412. The van der Waals surface area contributed by atoms with Gasteiger partial charge in [-0.05, 0) is 36.5 Å². The molecule has 0 amide bonds. The molecule has 1 aliphatic heterocycles. The summed E-state index contributed by atoms with van der Waals surface area (Å²) in [6, 6.07) is 3.34. The third kappa shape index (κ3) is 2.62. The van der Waals surface area contributed by atoms with Crippen molar-refractivity contribution in [1.29, 1.82) is 0 Å². The molecule has 3 rings (SSSR count). The Morgan fingerprint density at radius 2 is 2.33 bits per heavy atom. The highest BCUT2D eigenvalue weighted by Gasteiger charge is 2.31. The van der Waals surface area contributed by atoms with Gasteiger partial charge in [0.25, 0.3) is 0 Å². The van der Waals surface area contributed by atoms with E-state index in [-0.39, 0.29) is 0 Å². The third-order valence-electron chi connectivity index (χ3n) is 4.10. The Kier molecular flexibility index (Phi) is 3.46. The topological polar surface area (TPSA) is 25.2 Å². The fourth-order valence-electron chi connectivity index (χ4n) is 3.31. The SMILES string of the molecule is CC1(C)CSCC(NC2CCCc3occc32)C1. The van der Waals surface area contributed by atoms with Crippen LogP contribution in [0.25, 0.3) is 0 Å². The van der Waals surface area contributed by atoms with Gasteiger partial charge in [0, 0.05) is 29.8 Å². The first-order chi connectivity index (χ1) is 8.64. The van der Waals surface area contributed by atoms with Gasteiger partial charge < -0.3 is 9.73 Å². The molecule has 2 aliphatic rings. The summed E-state index contributed by atoms with van der Waals surface area (Å²) in [6.07, 6.45) is 6.77. The minimum Gasteiger partial charge on any atom is -0.469 e. The summed E-state index contributed by atoms with van der Waals surface area (Å²) in [4.78, 5) is 0. The van der Waals surface area contributed by atoms with E-state index in [0.717, 1.165) is 6.42 Å². The molecule has 18 heavy (non-hydrogen) atoms. The number of furan rings is 1.